The monoisotopic (exact) mass is 250 g/mol. The lowest BCUT2D eigenvalue weighted by molar-refractivity contribution is -0.120. The number of imide groups is 1. The number of rotatable bonds is 3. The number of aliphatic hydroxyl groups is 1. The van der Waals surface area contributed by atoms with Crippen molar-refractivity contribution in [3.05, 3.63) is 24.3 Å². The average molecular weight is 250 g/mol. The zero-order valence-electron chi connectivity index (χ0n) is 10.1. The fourth-order valence-corrected chi connectivity index (χ4v) is 1.80. The van der Waals surface area contributed by atoms with Gasteiger partial charge in [-0.05, 0) is 31.2 Å². The molecule has 3 amide bonds. The molecule has 1 aliphatic rings. The smallest absolute Gasteiger partial charge is 0.329 e. The quantitative estimate of drug-likeness (QED) is 0.766. The van der Waals surface area contributed by atoms with Crippen molar-refractivity contribution in [2.45, 2.75) is 19.1 Å². The van der Waals surface area contributed by atoms with E-state index in [0.717, 1.165) is 4.90 Å². The zero-order chi connectivity index (χ0) is 13.3. The first-order chi connectivity index (χ1) is 8.54. The molecule has 0 aliphatic carbocycles. The lowest BCUT2D eigenvalue weighted by Crippen LogP contribution is -2.39. The Morgan fingerprint density at radius 2 is 1.94 bits per heavy atom. The summed E-state index contributed by atoms with van der Waals surface area (Å²) in [5.74, 6) is 0.179. The van der Waals surface area contributed by atoms with Gasteiger partial charge >= 0.3 is 6.03 Å². The summed E-state index contributed by atoms with van der Waals surface area (Å²) in [6.45, 7) is 1.46. The molecule has 0 spiro atoms. The number of hydrogen-bond acceptors (Lipinski definition) is 4. The van der Waals surface area contributed by atoms with Crippen LogP contribution >= 0.6 is 0 Å². The molecule has 2 unspecified atom stereocenters. The van der Waals surface area contributed by atoms with Crippen LogP contribution in [0.3, 0.4) is 0 Å². The van der Waals surface area contributed by atoms with Crippen LogP contribution in [0, 0.1) is 0 Å². The molecule has 6 nitrogen and oxygen atoms in total. The van der Waals surface area contributed by atoms with Crippen LogP contribution in [0.25, 0.3) is 0 Å². The fraction of sp³-hybridized carbons (Fsp3) is 0.333. The van der Waals surface area contributed by atoms with Crippen molar-refractivity contribution in [3.63, 3.8) is 0 Å². The lowest BCUT2D eigenvalue weighted by Gasteiger charge is -2.14. The topological polar surface area (TPSA) is 78.9 Å². The molecule has 18 heavy (non-hydrogen) atoms. The van der Waals surface area contributed by atoms with E-state index in [-0.39, 0.29) is 0 Å². The number of methoxy groups -OCH3 is 1. The Balaban J connectivity index is 2.27. The Kier molecular flexibility index (Phi) is 3.20. The van der Waals surface area contributed by atoms with Crippen molar-refractivity contribution in [1.82, 2.24) is 5.32 Å². The van der Waals surface area contributed by atoms with Gasteiger partial charge in [0.2, 0.25) is 0 Å². The summed E-state index contributed by atoms with van der Waals surface area (Å²) in [4.78, 5) is 24.7. The van der Waals surface area contributed by atoms with E-state index < -0.39 is 24.1 Å². The standard InChI is InChI=1S/C12H14N2O4/c1-7(15)10-11(16)14(12(17)13-10)8-3-5-9(18-2)6-4-8/h3-7,10,15H,1-2H3,(H,13,17). The normalized spacial score (nSPS) is 20.8. The number of aliphatic hydroxyl groups excluding tert-OH is 1. The SMILES string of the molecule is COc1ccc(N2C(=O)NC(C(C)O)C2=O)cc1. The number of benzene rings is 1. The first-order valence-electron chi connectivity index (χ1n) is 5.51. The van der Waals surface area contributed by atoms with E-state index in [1.165, 1.54) is 14.0 Å². The second-order valence-corrected chi connectivity index (χ2v) is 4.04. The van der Waals surface area contributed by atoms with Gasteiger partial charge in [-0.15, -0.1) is 0 Å². The number of anilines is 1. The average Bonchev–Trinajstić information content (AvgIpc) is 2.65. The summed E-state index contributed by atoms with van der Waals surface area (Å²) in [5, 5.41) is 11.8. The number of hydrogen-bond donors (Lipinski definition) is 2. The van der Waals surface area contributed by atoms with Gasteiger partial charge in [0.15, 0.2) is 0 Å². The Hall–Kier alpha value is -2.08. The number of amides is 3. The highest BCUT2D eigenvalue weighted by atomic mass is 16.5. The van der Waals surface area contributed by atoms with E-state index >= 15 is 0 Å². The Morgan fingerprint density at radius 3 is 2.39 bits per heavy atom. The molecule has 0 aromatic heterocycles. The molecular weight excluding hydrogens is 236 g/mol. The van der Waals surface area contributed by atoms with Gasteiger partial charge in [-0.2, -0.15) is 0 Å². The van der Waals surface area contributed by atoms with Crippen LogP contribution in [0.5, 0.6) is 5.75 Å². The second-order valence-electron chi connectivity index (χ2n) is 4.04. The molecule has 6 heteroatoms. The minimum Gasteiger partial charge on any atom is -0.497 e. The molecule has 1 aromatic carbocycles. The maximum atomic E-state index is 12.0. The molecule has 2 atom stereocenters. The summed E-state index contributed by atoms with van der Waals surface area (Å²) < 4.78 is 5.00. The van der Waals surface area contributed by atoms with E-state index in [1.54, 1.807) is 24.3 Å². The number of nitrogens with one attached hydrogen (secondary N) is 1. The van der Waals surface area contributed by atoms with Crippen molar-refractivity contribution in [3.8, 4) is 5.75 Å². The van der Waals surface area contributed by atoms with Crippen molar-refractivity contribution >= 4 is 17.6 Å². The Bertz CT molecular complexity index is 469. The molecule has 2 rings (SSSR count). The molecule has 0 radical (unpaired) electrons. The molecule has 0 saturated carbocycles. The van der Waals surface area contributed by atoms with Gasteiger partial charge in [0.1, 0.15) is 11.8 Å². The van der Waals surface area contributed by atoms with E-state index in [4.69, 9.17) is 4.74 Å². The zero-order valence-corrected chi connectivity index (χ0v) is 10.1. The van der Waals surface area contributed by atoms with Gasteiger partial charge in [0.25, 0.3) is 5.91 Å². The summed E-state index contributed by atoms with van der Waals surface area (Å²) in [6.07, 6.45) is -0.926. The van der Waals surface area contributed by atoms with Gasteiger partial charge in [0.05, 0.1) is 18.9 Å². The molecule has 1 aliphatic heterocycles. The van der Waals surface area contributed by atoms with Crippen LogP contribution < -0.4 is 15.0 Å². The minimum atomic E-state index is -0.926. The third-order valence-electron chi connectivity index (χ3n) is 2.78. The Morgan fingerprint density at radius 1 is 1.33 bits per heavy atom. The largest absolute Gasteiger partial charge is 0.497 e. The van der Waals surface area contributed by atoms with Crippen LogP contribution in [0.2, 0.25) is 0 Å². The van der Waals surface area contributed by atoms with Gasteiger partial charge in [0, 0.05) is 0 Å². The predicted octanol–water partition coefficient (Wildman–Crippen LogP) is 0.501. The molecule has 1 heterocycles. The van der Waals surface area contributed by atoms with Gasteiger partial charge in [-0.3, -0.25) is 4.79 Å². The van der Waals surface area contributed by atoms with Gasteiger partial charge < -0.3 is 15.2 Å². The van der Waals surface area contributed by atoms with Gasteiger partial charge in [-0.1, -0.05) is 0 Å². The molecule has 1 saturated heterocycles. The Labute approximate surface area is 104 Å². The fourth-order valence-electron chi connectivity index (χ4n) is 1.80. The van der Waals surface area contributed by atoms with E-state index in [2.05, 4.69) is 5.32 Å². The highest BCUT2D eigenvalue weighted by Crippen LogP contribution is 2.23. The van der Waals surface area contributed by atoms with Crippen molar-refractivity contribution < 1.29 is 19.4 Å². The number of carbonyl (C=O) groups is 2. The minimum absolute atomic E-state index is 0.446. The first-order valence-corrected chi connectivity index (χ1v) is 5.51. The maximum Gasteiger partial charge on any atom is 0.329 e. The maximum absolute atomic E-state index is 12.0. The third-order valence-corrected chi connectivity index (χ3v) is 2.78. The molecule has 96 valence electrons. The molecule has 1 fully saturated rings. The molecule has 0 bridgehead atoms. The predicted molar refractivity (Wildman–Crippen MR) is 64.5 cm³/mol. The lowest BCUT2D eigenvalue weighted by atomic mass is 10.2. The second kappa shape index (κ2) is 4.66. The van der Waals surface area contributed by atoms with Crippen molar-refractivity contribution in [1.29, 1.82) is 0 Å². The third kappa shape index (κ3) is 2.02. The van der Waals surface area contributed by atoms with Crippen LogP contribution in [-0.4, -0.2) is 36.3 Å². The number of ether oxygens (including phenoxy) is 1. The molecular formula is C12H14N2O4. The summed E-state index contributed by atoms with van der Waals surface area (Å²) in [6, 6.07) is 5.12. The molecule has 1 aromatic rings. The highest BCUT2D eigenvalue weighted by molar-refractivity contribution is 6.21. The summed E-state index contributed by atoms with van der Waals surface area (Å²) >= 11 is 0. The van der Waals surface area contributed by atoms with Crippen LogP contribution in [0.15, 0.2) is 24.3 Å². The van der Waals surface area contributed by atoms with Crippen molar-refractivity contribution in [2.24, 2.45) is 0 Å². The van der Waals surface area contributed by atoms with E-state index in [0.29, 0.717) is 11.4 Å². The van der Waals surface area contributed by atoms with Crippen LogP contribution in [0.4, 0.5) is 10.5 Å². The van der Waals surface area contributed by atoms with Gasteiger partial charge in [-0.25, -0.2) is 9.69 Å². The summed E-state index contributed by atoms with van der Waals surface area (Å²) in [7, 11) is 1.53. The number of carbonyl (C=O) groups excluding carboxylic acids is 2. The molecule has 2 N–H and O–H groups in total. The van der Waals surface area contributed by atoms with Crippen LogP contribution in [0.1, 0.15) is 6.92 Å². The highest BCUT2D eigenvalue weighted by Gasteiger charge is 2.41. The first kappa shape index (κ1) is 12.4. The van der Waals surface area contributed by atoms with E-state index in [1.807, 2.05) is 0 Å². The van der Waals surface area contributed by atoms with Crippen LogP contribution in [-0.2, 0) is 4.79 Å². The number of urea groups is 1. The van der Waals surface area contributed by atoms with E-state index in [9.17, 15) is 14.7 Å². The van der Waals surface area contributed by atoms with Crippen molar-refractivity contribution in [2.75, 3.05) is 12.0 Å². The number of nitrogens with zero attached hydrogens (tertiary/aromatic N) is 1. The summed E-state index contributed by atoms with van der Waals surface area (Å²) in [5.41, 5.74) is 0.446.